The molecule has 5 rings (SSSR count). The number of Topliss-reactive ketones (excluding diaryl/α,β-unsaturated/α-hetero) is 1. The maximum Gasteiger partial charge on any atom is 0.266 e. The van der Waals surface area contributed by atoms with Crippen LogP contribution in [0.3, 0.4) is 0 Å². The number of piperidine rings is 1. The van der Waals surface area contributed by atoms with Gasteiger partial charge in [0, 0.05) is 24.2 Å². The first-order valence-corrected chi connectivity index (χ1v) is 21.2. The van der Waals surface area contributed by atoms with Gasteiger partial charge in [-0.05, 0) is 80.9 Å². The number of nitrogens with zero attached hydrogens (tertiary/aromatic N) is 2. The molecule has 2 aliphatic rings. The minimum atomic E-state index is -3.82. The van der Waals surface area contributed by atoms with Crippen molar-refractivity contribution < 1.29 is 40.4 Å². The van der Waals surface area contributed by atoms with Crippen LogP contribution >= 0.6 is 11.6 Å². The lowest BCUT2D eigenvalue weighted by molar-refractivity contribution is -0.140. The SMILES string of the molecule is CS(=O)(=O)CC[C@H](NC(=O)[C@@H]1C[C@@H](OCc2ccc(Cl)cc2)CN1C(=O)[C@@H](CCC1CCNCC1)NS(C)(=O)=O)C(=O)c1nc2ccccc2o1. The molecule has 2 saturated heterocycles. The van der Waals surface area contributed by atoms with Crippen molar-refractivity contribution in [1.29, 1.82) is 0 Å². The van der Waals surface area contributed by atoms with E-state index in [0.717, 1.165) is 44.0 Å². The summed E-state index contributed by atoms with van der Waals surface area (Å²) in [5.74, 6) is -2.45. The van der Waals surface area contributed by atoms with Crippen molar-refractivity contribution in [1.82, 2.24) is 25.2 Å². The number of ether oxygens (including phenoxy) is 1. The first kappa shape index (κ1) is 38.8. The lowest BCUT2D eigenvalue weighted by atomic mass is 9.91. The number of likely N-dealkylation sites (tertiary alicyclic amines) is 1. The molecule has 3 heterocycles. The summed E-state index contributed by atoms with van der Waals surface area (Å²) in [6.07, 6.45) is 3.79. The summed E-state index contributed by atoms with van der Waals surface area (Å²) in [4.78, 5) is 47.5. The molecule has 2 fully saturated rings. The van der Waals surface area contributed by atoms with Crippen molar-refractivity contribution in [2.24, 2.45) is 5.92 Å². The third kappa shape index (κ3) is 11.3. The van der Waals surface area contributed by atoms with Gasteiger partial charge in [-0.3, -0.25) is 14.4 Å². The Labute approximate surface area is 303 Å². The molecule has 2 aliphatic heterocycles. The molecule has 0 aliphatic carbocycles. The Morgan fingerprint density at radius 1 is 1.02 bits per heavy atom. The summed E-state index contributed by atoms with van der Waals surface area (Å²) in [6, 6.07) is 10.1. The summed E-state index contributed by atoms with van der Waals surface area (Å²) in [5.41, 5.74) is 1.57. The van der Waals surface area contributed by atoms with E-state index >= 15 is 0 Å². The highest BCUT2D eigenvalue weighted by atomic mass is 35.5. The number of carbonyl (C=O) groups is 3. The van der Waals surface area contributed by atoms with Crippen LogP contribution in [-0.4, -0.2) is 106 Å². The van der Waals surface area contributed by atoms with Gasteiger partial charge in [0.15, 0.2) is 5.58 Å². The third-order valence-electron chi connectivity index (χ3n) is 9.14. The molecule has 0 spiro atoms. The maximum absolute atomic E-state index is 14.2. The fraction of sp³-hybridized carbons (Fsp3) is 0.529. The molecular formula is C34H44ClN5O9S2. The van der Waals surface area contributed by atoms with Gasteiger partial charge in [0.05, 0.1) is 30.8 Å². The third-order valence-corrected chi connectivity index (χ3v) is 11.1. The van der Waals surface area contributed by atoms with Crippen molar-refractivity contribution in [3.63, 3.8) is 0 Å². The number of sulfone groups is 1. The van der Waals surface area contributed by atoms with Gasteiger partial charge in [0.1, 0.15) is 27.4 Å². The zero-order valence-corrected chi connectivity index (χ0v) is 30.9. The van der Waals surface area contributed by atoms with Gasteiger partial charge in [0.25, 0.3) is 5.89 Å². The number of nitrogens with one attached hydrogen (secondary N) is 3. The molecule has 0 radical (unpaired) electrons. The topological polar surface area (TPSA) is 194 Å². The summed E-state index contributed by atoms with van der Waals surface area (Å²) in [6.45, 7) is 1.82. The number of halogens is 1. The Morgan fingerprint density at radius 3 is 2.39 bits per heavy atom. The zero-order valence-electron chi connectivity index (χ0n) is 28.5. The van der Waals surface area contributed by atoms with E-state index in [2.05, 4.69) is 20.3 Å². The minimum Gasteiger partial charge on any atom is -0.434 e. The van der Waals surface area contributed by atoms with Crippen LogP contribution in [0.15, 0.2) is 52.9 Å². The van der Waals surface area contributed by atoms with Crippen LogP contribution in [0.1, 0.15) is 54.8 Å². The Morgan fingerprint density at radius 2 is 1.73 bits per heavy atom. The van der Waals surface area contributed by atoms with Gasteiger partial charge in [-0.25, -0.2) is 26.5 Å². The number of benzene rings is 2. The number of fused-ring (bicyclic) bond motifs is 1. The Balaban J connectivity index is 1.39. The molecule has 0 saturated carbocycles. The second-order valence-corrected chi connectivity index (χ2v) is 17.8. The number of oxazole rings is 1. The highest BCUT2D eigenvalue weighted by Crippen LogP contribution is 2.26. The van der Waals surface area contributed by atoms with Crippen molar-refractivity contribution in [3.8, 4) is 0 Å². The van der Waals surface area contributed by atoms with Gasteiger partial charge in [-0.2, -0.15) is 0 Å². The minimum absolute atomic E-state index is 0.0210. The van der Waals surface area contributed by atoms with Crippen LogP contribution < -0.4 is 15.4 Å². The molecule has 2 aromatic carbocycles. The molecular weight excluding hydrogens is 722 g/mol. The summed E-state index contributed by atoms with van der Waals surface area (Å²) in [5, 5.41) is 6.52. The number of aromatic nitrogens is 1. The predicted octanol–water partition coefficient (Wildman–Crippen LogP) is 2.47. The Kier molecular flexibility index (Phi) is 12.9. The molecule has 0 bridgehead atoms. The first-order valence-electron chi connectivity index (χ1n) is 16.9. The van der Waals surface area contributed by atoms with E-state index in [0.29, 0.717) is 28.5 Å². The number of sulfonamides is 1. The van der Waals surface area contributed by atoms with Gasteiger partial charge in [-0.15, -0.1) is 0 Å². The molecule has 4 atom stereocenters. The predicted molar refractivity (Wildman–Crippen MR) is 191 cm³/mol. The lowest BCUT2D eigenvalue weighted by Gasteiger charge is -2.30. The van der Waals surface area contributed by atoms with E-state index < -0.39 is 67.4 Å². The molecule has 0 unspecified atom stereocenters. The monoisotopic (exact) mass is 765 g/mol. The molecule has 14 nitrogen and oxygen atoms in total. The van der Waals surface area contributed by atoms with Crippen LogP contribution in [0.25, 0.3) is 11.1 Å². The van der Waals surface area contributed by atoms with E-state index in [-0.39, 0.29) is 38.3 Å². The molecule has 3 N–H and O–H groups in total. The normalized spacial score (nSPS) is 19.9. The van der Waals surface area contributed by atoms with Crippen molar-refractivity contribution >= 4 is 60.2 Å². The van der Waals surface area contributed by atoms with Crippen LogP contribution in [0, 0.1) is 5.92 Å². The summed E-state index contributed by atoms with van der Waals surface area (Å²) < 4.78 is 63.4. The summed E-state index contributed by atoms with van der Waals surface area (Å²) >= 11 is 6.02. The summed E-state index contributed by atoms with van der Waals surface area (Å²) in [7, 11) is -7.36. The molecule has 3 aromatic rings. The van der Waals surface area contributed by atoms with E-state index in [9.17, 15) is 31.2 Å². The number of hydrogen-bond donors (Lipinski definition) is 3. The van der Waals surface area contributed by atoms with Crippen LogP contribution in [-0.2, 0) is 40.8 Å². The van der Waals surface area contributed by atoms with Gasteiger partial charge in [0.2, 0.25) is 27.6 Å². The maximum atomic E-state index is 14.2. The zero-order chi connectivity index (χ0) is 36.8. The molecule has 2 amide bonds. The van der Waals surface area contributed by atoms with Crippen molar-refractivity contribution in [2.45, 2.75) is 69.4 Å². The smallest absolute Gasteiger partial charge is 0.266 e. The van der Waals surface area contributed by atoms with Gasteiger partial charge < -0.3 is 24.7 Å². The van der Waals surface area contributed by atoms with Gasteiger partial charge in [-0.1, -0.05) is 35.9 Å². The van der Waals surface area contributed by atoms with Crippen molar-refractivity contribution in [2.75, 3.05) is 37.9 Å². The van der Waals surface area contributed by atoms with E-state index in [1.54, 1.807) is 48.5 Å². The Bertz CT molecular complexity index is 1880. The van der Waals surface area contributed by atoms with Crippen LogP contribution in [0.4, 0.5) is 0 Å². The molecule has 17 heteroatoms. The molecule has 278 valence electrons. The number of carbonyl (C=O) groups excluding carboxylic acids is 3. The second-order valence-electron chi connectivity index (χ2n) is 13.3. The fourth-order valence-electron chi connectivity index (χ4n) is 6.46. The Hall–Kier alpha value is -3.41. The van der Waals surface area contributed by atoms with E-state index in [1.807, 2.05) is 0 Å². The van der Waals surface area contributed by atoms with E-state index in [4.69, 9.17) is 20.8 Å². The first-order chi connectivity index (χ1) is 24.1. The fourth-order valence-corrected chi connectivity index (χ4v) is 7.99. The lowest BCUT2D eigenvalue weighted by Crippen LogP contribution is -2.55. The average molecular weight is 766 g/mol. The number of amides is 2. The standard InChI is InChI=1S/C34H44ClN5O9S2/c1-50(44,45)18-15-27(31(41)33-38-26-5-3-4-6-30(26)49-33)37-32(42)29-19-25(48-21-23-7-10-24(35)11-8-23)20-40(29)34(43)28(39-51(2,46)47)12-9-22-13-16-36-17-14-22/h3-8,10-11,22,25,27-29,36,39H,9,12-21H2,1-2H3,(H,37,42)/t25-,27+,28-,29+/m1/s1. The molecule has 51 heavy (non-hydrogen) atoms. The quantitative estimate of drug-likeness (QED) is 0.182. The largest absolute Gasteiger partial charge is 0.434 e. The molecule has 1 aromatic heterocycles. The van der Waals surface area contributed by atoms with E-state index in [1.165, 1.54) is 4.90 Å². The second kappa shape index (κ2) is 16.9. The van der Waals surface area contributed by atoms with Crippen molar-refractivity contribution in [3.05, 3.63) is 65.0 Å². The van der Waals surface area contributed by atoms with Gasteiger partial charge >= 0.3 is 0 Å². The highest BCUT2D eigenvalue weighted by molar-refractivity contribution is 7.90. The average Bonchev–Trinajstić information content (AvgIpc) is 3.72. The highest BCUT2D eigenvalue weighted by Gasteiger charge is 2.44. The number of rotatable bonds is 16. The number of para-hydroxylation sites is 2. The number of ketones is 1. The van der Waals surface area contributed by atoms with Crippen LogP contribution in [0.2, 0.25) is 5.02 Å². The van der Waals surface area contributed by atoms with Crippen LogP contribution in [0.5, 0.6) is 0 Å². The number of hydrogen-bond acceptors (Lipinski definition) is 11.